The molecular weight excluding hydrogens is 432 g/mol. The summed E-state index contributed by atoms with van der Waals surface area (Å²) in [6.45, 7) is 3.10. The van der Waals surface area contributed by atoms with Gasteiger partial charge in [-0.2, -0.15) is 0 Å². The van der Waals surface area contributed by atoms with Crippen LogP contribution in [0.25, 0.3) is 0 Å². The summed E-state index contributed by atoms with van der Waals surface area (Å²) in [6.07, 6.45) is 2.87. The topological polar surface area (TPSA) is 41.6 Å². The minimum Gasteiger partial charge on any atom is -0.384 e. The van der Waals surface area contributed by atoms with Gasteiger partial charge in [-0.25, -0.2) is 0 Å². The third kappa shape index (κ3) is 5.34. The number of rotatable bonds is 7. The van der Waals surface area contributed by atoms with Crippen LogP contribution in [0.2, 0.25) is 0 Å². The van der Waals surface area contributed by atoms with Gasteiger partial charge in [-0.05, 0) is 47.4 Å². The van der Waals surface area contributed by atoms with E-state index < -0.39 is 0 Å². The molecule has 4 nitrogen and oxygen atoms in total. The van der Waals surface area contributed by atoms with E-state index in [4.69, 9.17) is 4.74 Å². The molecule has 0 aromatic heterocycles. The Morgan fingerprint density at radius 3 is 2.37 bits per heavy atom. The summed E-state index contributed by atoms with van der Waals surface area (Å²) in [5, 5.41) is 3.52. The van der Waals surface area contributed by atoms with E-state index in [0.717, 1.165) is 38.9 Å². The van der Waals surface area contributed by atoms with Crippen LogP contribution in [0.4, 0.5) is 0 Å². The van der Waals surface area contributed by atoms with Crippen molar-refractivity contribution in [1.82, 2.24) is 10.2 Å². The van der Waals surface area contributed by atoms with E-state index >= 15 is 0 Å². The molecule has 2 aliphatic heterocycles. The van der Waals surface area contributed by atoms with Crippen LogP contribution >= 0.6 is 0 Å². The number of carbonyl (C=O) groups excluding carboxylic acids is 1. The second-order valence-corrected chi connectivity index (χ2v) is 9.95. The van der Waals surface area contributed by atoms with Crippen LogP contribution in [-0.4, -0.2) is 44.2 Å². The zero-order chi connectivity index (χ0) is 24.0. The lowest BCUT2D eigenvalue weighted by molar-refractivity contribution is -0.139. The molecule has 3 aromatic carbocycles. The fraction of sp³-hybridized carbons (Fsp3) is 0.387. The molecule has 4 atom stereocenters. The van der Waals surface area contributed by atoms with Crippen LogP contribution < -0.4 is 5.32 Å². The normalized spacial score (nSPS) is 24.4. The first-order valence-electron chi connectivity index (χ1n) is 12.9. The summed E-state index contributed by atoms with van der Waals surface area (Å²) >= 11 is 0. The summed E-state index contributed by atoms with van der Waals surface area (Å²) < 4.78 is 5.27. The largest absolute Gasteiger partial charge is 0.384 e. The summed E-state index contributed by atoms with van der Waals surface area (Å²) in [5.41, 5.74) is 5.16. The Labute approximate surface area is 209 Å². The van der Waals surface area contributed by atoms with Gasteiger partial charge in [-0.1, -0.05) is 84.9 Å². The van der Waals surface area contributed by atoms with Gasteiger partial charge in [0, 0.05) is 32.7 Å². The molecule has 2 saturated heterocycles. The fourth-order valence-electron chi connectivity index (χ4n) is 5.95. The quantitative estimate of drug-likeness (QED) is 0.510. The summed E-state index contributed by atoms with van der Waals surface area (Å²) in [7, 11) is 1.74. The van der Waals surface area contributed by atoms with E-state index in [1.165, 1.54) is 22.3 Å². The number of carbonyl (C=O) groups is 1. The molecule has 2 aliphatic rings. The Kier molecular flexibility index (Phi) is 7.60. The van der Waals surface area contributed by atoms with Gasteiger partial charge in [-0.3, -0.25) is 4.79 Å². The predicted molar refractivity (Wildman–Crippen MR) is 140 cm³/mol. The molecule has 2 heterocycles. The van der Waals surface area contributed by atoms with Crippen molar-refractivity contribution in [2.24, 2.45) is 5.92 Å². The number of likely N-dealkylation sites (tertiary alicyclic amines) is 1. The van der Waals surface area contributed by atoms with E-state index in [-0.39, 0.29) is 17.9 Å². The zero-order valence-corrected chi connectivity index (χ0v) is 20.6. The van der Waals surface area contributed by atoms with Crippen LogP contribution in [0.1, 0.15) is 53.0 Å². The van der Waals surface area contributed by atoms with Crippen molar-refractivity contribution < 1.29 is 9.53 Å². The Morgan fingerprint density at radius 2 is 1.63 bits per heavy atom. The maximum Gasteiger partial charge on any atom is 0.228 e. The van der Waals surface area contributed by atoms with Crippen molar-refractivity contribution >= 4 is 5.91 Å². The van der Waals surface area contributed by atoms with Crippen LogP contribution in [0.5, 0.6) is 0 Å². The average molecular weight is 469 g/mol. The van der Waals surface area contributed by atoms with Crippen LogP contribution in [0, 0.1) is 5.92 Å². The molecule has 3 aromatic rings. The van der Waals surface area contributed by atoms with E-state index in [1.807, 2.05) is 0 Å². The van der Waals surface area contributed by atoms with Crippen molar-refractivity contribution in [3.63, 3.8) is 0 Å². The maximum atomic E-state index is 14.1. The first-order chi connectivity index (χ1) is 17.2. The lowest BCUT2D eigenvalue weighted by atomic mass is 9.81. The highest BCUT2D eigenvalue weighted by Gasteiger charge is 2.41. The number of hydrogen-bond acceptors (Lipinski definition) is 3. The van der Waals surface area contributed by atoms with Crippen molar-refractivity contribution in [3.05, 3.63) is 107 Å². The average Bonchev–Trinajstić information content (AvgIpc) is 3.42. The summed E-state index contributed by atoms with van der Waals surface area (Å²) in [4.78, 5) is 16.3. The minimum atomic E-state index is -0.0350. The lowest BCUT2D eigenvalue weighted by Crippen LogP contribution is -2.45. The first kappa shape index (κ1) is 23.8. The number of nitrogens with one attached hydrogen (secondary N) is 1. The molecule has 0 saturated carbocycles. The number of nitrogens with zero attached hydrogens (tertiary/aromatic N) is 1. The minimum absolute atomic E-state index is 0.0350. The Morgan fingerprint density at radius 1 is 0.914 bits per heavy atom. The van der Waals surface area contributed by atoms with Crippen LogP contribution in [0.3, 0.4) is 0 Å². The SMILES string of the molecule is COCCc1cccc([C@@H]2CNC[C@H]2C(=O)N2CCC(c3ccccc3)CC2c2ccccc2)c1. The van der Waals surface area contributed by atoms with E-state index in [0.29, 0.717) is 18.4 Å². The Hall–Kier alpha value is -2.95. The maximum absolute atomic E-state index is 14.1. The van der Waals surface area contributed by atoms with Crippen LogP contribution in [-0.2, 0) is 16.0 Å². The van der Waals surface area contributed by atoms with Crippen molar-refractivity contribution in [2.75, 3.05) is 33.4 Å². The van der Waals surface area contributed by atoms with Gasteiger partial charge in [0.2, 0.25) is 5.91 Å². The smallest absolute Gasteiger partial charge is 0.228 e. The molecule has 1 amide bonds. The number of ether oxygens (including phenoxy) is 1. The van der Waals surface area contributed by atoms with Crippen LogP contribution in [0.15, 0.2) is 84.9 Å². The van der Waals surface area contributed by atoms with E-state index in [1.54, 1.807) is 7.11 Å². The molecule has 0 radical (unpaired) electrons. The van der Waals surface area contributed by atoms with Gasteiger partial charge in [0.15, 0.2) is 0 Å². The molecule has 0 spiro atoms. The number of piperidine rings is 1. The van der Waals surface area contributed by atoms with Gasteiger partial charge in [0.1, 0.15) is 0 Å². The molecule has 0 bridgehead atoms. The van der Waals surface area contributed by atoms with Crippen molar-refractivity contribution in [2.45, 2.75) is 37.1 Å². The summed E-state index contributed by atoms with van der Waals surface area (Å²) in [6, 6.07) is 30.2. The number of amides is 1. The van der Waals surface area contributed by atoms with Gasteiger partial charge in [-0.15, -0.1) is 0 Å². The number of methoxy groups -OCH3 is 1. The second-order valence-electron chi connectivity index (χ2n) is 9.95. The van der Waals surface area contributed by atoms with Crippen molar-refractivity contribution in [3.8, 4) is 0 Å². The second kappa shape index (κ2) is 11.2. The number of hydrogen-bond donors (Lipinski definition) is 1. The van der Waals surface area contributed by atoms with Gasteiger partial charge in [0.25, 0.3) is 0 Å². The molecule has 35 heavy (non-hydrogen) atoms. The third-order valence-corrected chi connectivity index (χ3v) is 7.85. The Balaban J connectivity index is 1.39. The molecule has 1 N–H and O–H groups in total. The molecule has 182 valence electrons. The van der Waals surface area contributed by atoms with E-state index in [9.17, 15) is 4.79 Å². The highest BCUT2D eigenvalue weighted by Crippen LogP contribution is 2.41. The standard InChI is InChI=1S/C31H36N2O2/c1-35-18-16-23-9-8-14-27(19-23)28-21-32-22-29(28)31(34)33-17-15-26(24-10-4-2-5-11-24)20-30(33)25-12-6-3-7-13-25/h2-14,19,26,28-30,32H,15-18,20-22H2,1H3/t26?,28-,29+,30?/m0/s1. The molecule has 2 unspecified atom stereocenters. The van der Waals surface area contributed by atoms with Crippen molar-refractivity contribution in [1.29, 1.82) is 0 Å². The molecular formula is C31H36N2O2. The number of benzene rings is 3. The third-order valence-electron chi connectivity index (χ3n) is 7.85. The molecule has 0 aliphatic carbocycles. The predicted octanol–water partition coefficient (Wildman–Crippen LogP) is 5.33. The fourth-order valence-corrected chi connectivity index (χ4v) is 5.95. The van der Waals surface area contributed by atoms with Gasteiger partial charge >= 0.3 is 0 Å². The molecule has 2 fully saturated rings. The first-order valence-corrected chi connectivity index (χ1v) is 12.9. The lowest BCUT2D eigenvalue weighted by Gasteiger charge is -2.42. The monoisotopic (exact) mass is 468 g/mol. The highest BCUT2D eigenvalue weighted by atomic mass is 16.5. The van der Waals surface area contributed by atoms with E-state index in [2.05, 4.69) is 95.1 Å². The Bertz CT molecular complexity index is 1100. The zero-order valence-electron chi connectivity index (χ0n) is 20.6. The molecule has 4 heteroatoms. The molecule has 5 rings (SSSR count). The van der Waals surface area contributed by atoms with Gasteiger partial charge in [0.05, 0.1) is 18.6 Å². The summed E-state index contributed by atoms with van der Waals surface area (Å²) in [5.74, 6) is 0.934. The van der Waals surface area contributed by atoms with Gasteiger partial charge < -0.3 is 15.0 Å². The highest BCUT2D eigenvalue weighted by molar-refractivity contribution is 5.81.